The van der Waals surface area contributed by atoms with E-state index >= 15 is 0 Å². The molecule has 1 heterocycles. The van der Waals surface area contributed by atoms with Crippen molar-refractivity contribution < 1.29 is 9.18 Å². The maximum Gasteiger partial charge on any atom is 0.254 e. The number of carbonyl (C=O) groups is 1. The smallest absolute Gasteiger partial charge is 0.254 e. The van der Waals surface area contributed by atoms with Crippen LogP contribution >= 0.6 is 0 Å². The van der Waals surface area contributed by atoms with Crippen molar-refractivity contribution in [1.82, 2.24) is 10.2 Å². The molecule has 1 aliphatic heterocycles. The van der Waals surface area contributed by atoms with Crippen molar-refractivity contribution in [1.29, 1.82) is 0 Å². The van der Waals surface area contributed by atoms with Gasteiger partial charge in [-0.2, -0.15) is 0 Å². The third kappa shape index (κ3) is 3.13. The summed E-state index contributed by atoms with van der Waals surface area (Å²) in [5.74, 6) is -0.272. The molecule has 0 bridgehead atoms. The lowest BCUT2D eigenvalue weighted by atomic mass is 10.1. The molecule has 104 valence electrons. The van der Waals surface area contributed by atoms with Gasteiger partial charge in [0.25, 0.3) is 5.91 Å². The molecule has 0 saturated carbocycles. The van der Waals surface area contributed by atoms with E-state index in [4.69, 9.17) is 0 Å². The molecule has 1 fully saturated rings. The molecule has 1 amide bonds. The minimum Gasteiger partial charge on any atom is -0.334 e. The van der Waals surface area contributed by atoms with E-state index in [0.717, 1.165) is 32.5 Å². The van der Waals surface area contributed by atoms with Crippen molar-refractivity contribution in [3.63, 3.8) is 0 Å². The molecule has 3 nitrogen and oxygen atoms in total. The zero-order chi connectivity index (χ0) is 13.8. The summed E-state index contributed by atoms with van der Waals surface area (Å²) in [5, 5.41) is 3.29. The lowest BCUT2D eigenvalue weighted by Gasteiger charge is -2.28. The first-order valence-electron chi connectivity index (χ1n) is 6.91. The summed E-state index contributed by atoms with van der Waals surface area (Å²) in [5.41, 5.74) is 1.32. The Hall–Kier alpha value is -1.42. The van der Waals surface area contributed by atoms with Crippen LogP contribution in [-0.4, -0.2) is 36.5 Å². The summed E-state index contributed by atoms with van der Waals surface area (Å²) in [7, 11) is 0. The van der Waals surface area contributed by atoms with Gasteiger partial charge < -0.3 is 10.2 Å². The number of amides is 1. The van der Waals surface area contributed by atoms with Crippen LogP contribution in [0.3, 0.4) is 0 Å². The monoisotopic (exact) mass is 264 g/mol. The van der Waals surface area contributed by atoms with Crippen LogP contribution in [0, 0.1) is 12.7 Å². The number of nitrogens with zero attached hydrogens (tertiary/aromatic N) is 1. The first-order valence-corrected chi connectivity index (χ1v) is 6.91. The number of benzene rings is 1. The summed E-state index contributed by atoms with van der Waals surface area (Å²) < 4.78 is 13.1. The van der Waals surface area contributed by atoms with Crippen molar-refractivity contribution in [2.45, 2.75) is 32.7 Å². The van der Waals surface area contributed by atoms with Gasteiger partial charge in [0.05, 0.1) is 0 Å². The Labute approximate surface area is 113 Å². The standard InChI is InChI=1S/C15H21FN2O/c1-3-8-18(13-6-7-17-10-13)15(19)14-5-4-12(16)9-11(14)2/h4-5,9,13,17H,3,6-8,10H2,1-2H3. The fourth-order valence-electron chi connectivity index (χ4n) is 2.62. The van der Waals surface area contributed by atoms with Gasteiger partial charge in [-0.1, -0.05) is 6.92 Å². The summed E-state index contributed by atoms with van der Waals surface area (Å²) in [6.45, 7) is 6.42. The van der Waals surface area contributed by atoms with E-state index in [2.05, 4.69) is 12.2 Å². The van der Waals surface area contributed by atoms with E-state index in [1.807, 2.05) is 4.90 Å². The molecule has 1 atom stereocenters. The Morgan fingerprint density at radius 1 is 1.53 bits per heavy atom. The molecule has 0 aromatic heterocycles. The summed E-state index contributed by atoms with van der Waals surface area (Å²) in [6.07, 6.45) is 1.93. The second-order valence-electron chi connectivity index (χ2n) is 5.10. The normalized spacial score (nSPS) is 18.6. The molecule has 1 saturated heterocycles. The molecule has 0 radical (unpaired) electrons. The van der Waals surface area contributed by atoms with E-state index in [0.29, 0.717) is 11.1 Å². The Morgan fingerprint density at radius 2 is 2.32 bits per heavy atom. The van der Waals surface area contributed by atoms with E-state index in [1.54, 1.807) is 13.0 Å². The molecule has 1 aliphatic rings. The van der Waals surface area contributed by atoms with Gasteiger partial charge in [0.1, 0.15) is 5.82 Å². The average molecular weight is 264 g/mol. The summed E-state index contributed by atoms with van der Waals surface area (Å²) in [6, 6.07) is 4.64. The van der Waals surface area contributed by atoms with Crippen molar-refractivity contribution in [2.24, 2.45) is 0 Å². The van der Waals surface area contributed by atoms with Crippen molar-refractivity contribution in [3.8, 4) is 0 Å². The Bertz CT molecular complexity index is 455. The fraction of sp³-hybridized carbons (Fsp3) is 0.533. The minimum atomic E-state index is -0.293. The number of carbonyl (C=O) groups excluding carboxylic acids is 1. The molecule has 19 heavy (non-hydrogen) atoms. The maximum atomic E-state index is 13.1. The molecule has 1 unspecified atom stereocenters. The highest BCUT2D eigenvalue weighted by molar-refractivity contribution is 5.95. The Balaban J connectivity index is 2.22. The highest BCUT2D eigenvalue weighted by Gasteiger charge is 2.27. The zero-order valence-corrected chi connectivity index (χ0v) is 11.6. The maximum absolute atomic E-state index is 13.1. The SMILES string of the molecule is CCCN(C(=O)c1ccc(F)cc1C)C1CCNC1. The second kappa shape index (κ2) is 6.15. The van der Waals surface area contributed by atoms with E-state index in [-0.39, 0.29) is 17.8 Å². The van der Waals surface area contributed by atoms with Gasteiger partial charge in [-0.3, -0.25) is 4.79 Å². The van der Waals surface area contributed by atoms with Gasteiger partial charge in [-0.25, -0.2) is 4.39 Å². The van der Waals surface area contributed by atoms with Crippen LogP contribution in [0.1, 0.15) is 35.7 Å². The summed E-state index contributed by atoms with van der Waals surface area (Å²) in [4.78, 5) is 14.6. The second-order valence-corrected chi connectivity index (χ2v) is 5.10. The average Bonchev–Trinajstić information content (AvgIpc) is 2.89. The summed E-state index contributed by atoms with van der Waals surface area (Å²) >= 11 is 0. The van der Waals surface area contributed by atoms with Crippen LogP contribution in [-0.2, 0) is 0 Å². The number of hydrogen-bond acceptors (Lipinski definition) is 2. The largest absolute Gasteiger partial charge is 0.334 e. The van der Waals surface area contributed by atoms with E-state index in [1.165, 1.54) is 12.1 Å². The van der Waals surface area contributed by atoms with Crippen LogP contribution in [0.15, 0.2) is 18.2 Å². The third-order valence-electron chi connectivity index (χ3n) is 3.62. The van der Waals surface area contributed by atoms with Crippen molar-refractivity contribution >= 4 is 5.91 Å². The quantitative estimate of drug-likeness (QED) is 0.905. The van der Waals surface area contributed by atoms with Gasteiger partial charge in [-0.15, -0.1) is 0 Å². The highest BCUT2D eigenvalue weighted by atomic mass is 19.1. The molecular formula is C15H21FN2O. The molecule has 1 aromatic rings. The molecule has 1 aromatic carbocycles. The lowest BCUT2D eigenvalue weighted by molar-refractivity contribution is 0.0691. The lowest BCUT2D eigenvalue weighted by Crippen LogP contribution is -2.42. The first kappa shape index (κ1) is 14.0. The van der Waals surface area contributed by atoms with Gasteiger partial charge >= 0.3 is 0 Å². The first-order chi connectivity index (χ1) is 9.13. The zero-order valence-electron chi connectivity index (χ0n) is 11.6. The predicted octanol–water partition coefficient (Wildman–Crippen LogP) is 2.35. The molecule has 1 N–H and O–H groups in total. The third-order valence-corrected chi connectivity index (χ3v) is 3.62. The minimum absolute atomic E-state index is 0.0213. The van der Waals surface area contributed by atoms with Crippen molar-refractivity contribution in [2.75, 3.05) is 19.6 Å². The Kier molecular flexibility index (Phi) is 4.53. The number of rotatable bonds is 4. The van der Waals surface area contributed by atoms with Crippen LogP contribution in [0.25, 0.3) is 0 Å². The highest BCUT2D eigenvalue weighted by Crippen LogP contribution is 2.17. The van der Waals surface area contributed by atoms with Crippen molar-refractivity contribution in [3.05, 3.63) is 35.1 Å². The van der Waals surface area contributed by atoms with Gasteiger partial charge in [0, 0.05) is 24.7 Å². The van der Waals surface area contributed by atoms with E-state index in [9.17, 15) is 9.18 Å². The molecular weight excluding hydrogens is 243 g/mol. The predicted molar refractivity (Wildman–Crippen MR) is 73.7 cm³/mol. The Morgan fingerprint density at radius 3 is 2.89 bits per heavy atom. The van der Waals surface area contributed by atoms with Gasteiger partial charge in [0.2, 0.25) is 0 Å². The number of nitrogens with one attached hydrogen (secondary N) is 1. The van der Waals surface area contributed by atoms with Crippen LogP contribution in [0.4, 0.5) is 4.39 Å². The number of halogens is 1. The fourth-order valence-corrected chi connectivity index (χ4v) is 2.62. The number of aryl methyl sites for hydroxylation is 1. The van der Waals surface area contributed by atoms with E-state index < -0.39 is 0 Å². The van der Waals surface area contributed by atoms with Crippen LogP contribution < -0.4 is 5.32 Å². The molecule has 0 spiro atoms. The number of hydrogen-bond donors (Lipinski definition) is 1. The van der Waals surface area contributed by atoms with Gasteiger partial charge in [-0.05, 0) is 50.1 Å². The van der Waals surface area contributed by atoms with Crippen LogP contribution in [0.5, 0.6) is 0 Å². The molecule has 4 heteroatoms. The van der Waals surface area contributed by atoms with Gasteiger partial charge in [0.15, 0.2) is 0 Å². The topological polar surface area (TPSA) is 32.3 Å². The van der Waals surface area contributed by atoms with Crippen LogP contribution in [0.2, 0.25) is 0 Å². The molecule has 0 aliphatic carbocycles. The molecule has 2 rings (SSSR count).